The average molecular weight is 296 g/mol. The predicted molar refractivity (Wildman–Crippen MR) is 78.9 cm³/mol. The highest BCUT2D eigenvalue weighted by Gasteiger charge is 2.26. The number of carbonyl (C=O) groups excluding carboxylic acids is 1. The molecule has 1 fully saturated rings. The first-order chi connectivity index (χ1) is 10.0. The lowest BCUT2D eigenvalue weighted by atomic mass is 9.83. The molecule has 0 aliphatic heterocycles. The minimum Gasteiger partial charge on any atom is -0.396 e. The standard InChI is InChI=1S/C16H22F2N2O/c1-2-13(10-6-4-3-5-7-10)20-16(21)14-11(17)8-9-12(19)15(14)18/h8-10,13H,2-7,19H2,1H3,(H,20,21). The Morgan fingerprint density at radius 2 is 2.00 bits per heavy atom. The van der Waals surface area contributed by atoms with Crippen LogP contribution in [0.1, 0.15) is 55.8 Å². The van der Waals surface area contributed by atoms with E-state index in [-0.39, 0.29) is 11.7 Å². The van der Waals surface area contributed by atoms with Crippen LogP contribution < -0.4 is 11.1 Å². The third kappa shape index (κ3) is 3.52. The highest BCUT2D eigenvalue weighted by molar-refractivity contribution is 5.95. The van der Waals surface area contributed by atoms with Crippen LogP contribution in [0, 0.1) is 17.6 Å². The van der Waals surface area contributed by atoms with Crippen molar-refractivity contribution in [1.82, 2.24) is 5.32 Å². The maximum atomic E-state index is 13.9. The molecule has 3 N–H and O–H groups in total. The lowest BCUT2D eigenvalue weighted by Gasteiger charge is -2.30. The molecule has 21 heavy (non-hydrogen) atoms. The van der Waals surface area contributed by atoms with Crippen molar-refractivity contribution in [2.24, 2.45) is 5.92 Å². The van der Waals surface area contributed by atoms with E-state index in [9.17, 15) is 13.6 Å². The fraction of sp³-hybridized carbons (Fsp3) is 0.562. The summed E-state index contributed by atoms with van der Waals surface area (Å²) in [4.78, 5) is 12.2. The third-order valence-electron chi connectivity index (χ3n) is 4.32. The molecule has 0 spiro atoms. The van der Waals surface area contributed by atoms with E-state index >= 15 is 0 Å². The van der Waals surface area contributed by atoms with E-state index in [0.29, 0.717) is 5.92 Å². The smallest absolute Gasteiger partial charge is 0.257 e. The Labute approximate surface area is 123 Å². The number of nitrogens with one attached hydrogen (secondary N) is 1. The van der Waals surface area contributed by atoms with Gasteiger partial charge in [-0.25, -0.2) is 8.78 Å². The van der Waals surface area contributed by atoms with Gasteiger partial charge in [-0.2, -0.15) is 0 Å². The Hall–Kier alpha value is -1.65. The third-order valence-corrected chi connectivity index (χ3v) is 4.32. The second-order valence-corrected chi connectivity index (χ2v) is 5.71. The first-order valence-electron chi connectivity index (χ1n) is 7.59. The van der Waals surface area contributed by atoms with Crippen LogP contribution in [-0.4, -0.2) is 11.9 Å². The van der Waals surface area contributed by atoms with E-state index in [0.717, 1.165) is 44.2 Å². The van der Waals surface area contributed by atoms with E-state index in [1.54, 1.807) is 0 Å². The summed E-state index contributed by atoms with van der Waals surface area (Å²) in [6, 6.07) is 2.10. The van der Waals surface area contributed by atoms with E-state index in [1.165, 1.54) is 6.42 Å². The summed E-state index contributed by atoms with van der Waals surface area (Å²) < 4.78 is 27.6. The number of carbonyl (C=O) groups is 1. The fourth-order valence-corrected chi connectivity index (χ4v) is 3.11. The van der Waals surface area contributed by atoms with Gasteiger partial charge in [0.2, 0.25) is 0 Å². The Morgan fingerprint density at radius 3 is 2.62 bits per heavy atom. The molecule has 0 radical (unpaired) electrons. The van der Waals surface area contributed by atoms with Gasteiger partial charge in [0.05, 0.1) is 5.69 Å². The molecule has 116 valence electrons. The summed E-state index contributed by atoms with van der Waals surface area (Å²) in [7, 11) is 0. The number of hydrogen-bond donors (Lipinski definition) is 2. The van der Waals surface area contributed by atoms with Gasteiger partial charge in [-0.15, -0.1) is 0 Å². The highest BCUT2D eigenvalue weighted by Crippen LogP contribution is 2.28. The van der Waals surface area contributed by atoms with Crippen molar-refractivity contribution in [3.8, 4) is 0 Å². The molecule has 1 atom stereocenters. The van der Waals surface area contributed by atoms with E-state index in [4.69, 9.17) is 5.73 Å². The zero-order chi connectivity index (χ0) is 15.4. The fourth-order valence-electron chi connectivity index (χ4n) is 3.11. The van der Waals surface area contributed by atoms with Crippen molar-refractivity contribution < 1.29 is 13.6 Å². The quantitative estimate of drug-likeness (QED) is 0.834. The monoisotopic (exact) mass is 296 g/mol. The lowest BCUT2D eigenvalue weighted by Crippen LogP contribution is -2.41. The molecular formula is C16H22F2N2O. The van der Waals surface area contributed by atoms with E-state index in [2.05, 4.69) is 5.32 Å². The van der Waals surface area contributed by atoms with Gasteiger partial charge >= 0.3 is 0 Å². The van der Waals surface area contributed by atoms with Gasteiger partial charge < -0.3 is 11.1 Å². The molecule has 1 aliphatic rings. The first-order valence-corrected chi connectivity index (χ1v) is 7.59. The van der Waals surface area contributed by atoms with Gasteiger partial charge in [-0.05, 0) is 37.3 Å². The highest BCUT2D eigenvalue weighted by atomic mass is 19.1. The van der Waals surface area contributed by atoms with Crippen molar-refractivity contribution in [2.45, 2.75) is 51.5 Å². The molecule has 1 aliphatic carbocycles. The van der Waals surface area contributed by atoms with Gasteiger partial charge in [-0.1, -0.05) is 26.2 Å². The van der Waals surface area contributed by atoms with Gasteiger partial charge in [0.1, 0.15) is 11.4 Å². The second kappa shape index (κ2) is 6.87. The Bertz CT molecular complexity index is 513. The number of nitrogens with two attached hydrogens (primary N) is 1. The predicted octanol–water partition coefficient (Wildman–Crippen LogP) is 3.64. The molecule has 0 saturated heterocycles. The summed E-state index contributed by atoms with van der Waals surface area (Å²) in [6.45, 7) is 1.98. The molecule has 1 unspecified atom stereocenters. The summed E-state index contributed by atoms with van der Waals surface area (Å²) in [5.41, 5.74) is 4.62. The normalized spacial score (nSPS) is 17.5. The minimum atomic E-state index is -0.981. The average Bonchev–Trinajstić information content (AvgIpc) is 2.50. The van der Waals surface area contributed by atoms with Crippen LogP contribution in [0.15, 0.2) is 12.1 Å². The number of rotatable bonds is 4. The van der Waals surface area contributed by atoms with Crippen LogP contribution in [0.5, 0.6) is 0 Å². The summed E-state index contributed by atoms with van der Waals surface area (Å²) in [6.07, 6.45) is 6.39. The molecule has 1 saturated carbocycles. The zero-order valence-corrected chi connectivity index (χ0v) is 12.3. The number of anilines is 1. The number of benzene rings is 1. The van der Waals surface area contributed by atoms with Gasteiger partial charge in [0.25, 0.3) is 5.91 Å². The van der Waals surface area contributed by atoms with Crippen LogP contribution in [0.3, 0.4) is 0 Å². The molecular weight excluding hydrogens is 274 g/mol. The summed E-state index contributed by atoms with van der Waals surface area (Å²) >= 11 is 0. The van der Waals surface area contributed by atoms with Crippen molar-refractivity contribution in [3.05, 3.63) is 29.3 Å². The van der Waals surface area contributed by atoms with Crippen LogP contribution in [0.25, 0.3) is 0 Å². The van der Waals surface area contributed by atoms with Crippen molar-refractivity contribution in [1.29, 1.82) is 0 Å². The lowest BCUT2D eigenvalue weighted by molar-refractivity contribution is 0.0902. The minimum absolute atomic E-state index is 0.0435. The van der Waals surface area contributed by atoms with Crippen molar-refractivity contribution in [2.75, 3.05) is 5.73 Å². The molecule has 1 aromatic carbocycles. The SMILES string of the molecule is CCC(NC(=O)c1c(F)ccc(N)c1F)C1CCCCC1. The molecule has 1 aromatic rings. The maximum Gasteiger partial charge on any atom is 0.257 e. The van der Waals surface area contributed by atoms with Crippen molar-refractivity contribution in [3.63, 3.8) is 0 Å². The summed E-state index contributed by atoms with van der Waals surface area (Å²) in [5, 5.41) is 2.79. The Kier molecular flexibility index (Phi) is 5.15. The van der Waals surface area contributed by atoms with Crippen LogP contribution >= 0.6 is 0 Å². The van der Waals surface area contributed by atoms with Gasteiger partial charge in [-0.3, -0.25) is 4.79 Å². The summed E-state index contributed by atoms with van der Waals surface area (Å²) in [5.74, 6) is -2.18. The molecule has 1 amide bonds. The number of nitrogen functional groups attached to an aromatic ring is 1. The zero-order valence-electron chi connectivity index (χ0n) is 12.3. The molecule has 3 nitrogen and oxygen atoms in total. The largest absolute Gasteiger partial charge is 0.396 e. The van der Waals surface area contributed by atoms with Crippen LogP contribution in [0.4, 0.5) is 14.5 Å². The van der Waals surface area contributed by atoms with Crippen LogP contribution in [-0.2, 0) is 0 Å². The molecule has 2 rings (SSSR count). The number of amides is 1. The first kappa shape index (κ1) is 15.7. The van der Waals surface area contributed by atoms with E-state index in [1.807, 2.05) is 6.92 Å². The van der Waals surface area contributed by atoms with Crippen molar-refractivity contribution >= 4 is 11.6 Å². The van der Waals surface area contributed by atoms with Gasteiger partial charge in [0.15, 0.2) is 5.82 Å². The Morgan fingerprint density at radius 1 is 1.33 bits per heavy atom. The second-order valence-electron chi connectivity index (χ2n) is 5.71. The topological polar surface area (TPSA) is 55.1 Å². The molecule has 0 bridgehead atoms. The Balaban J connectivity index is 2.14. The maximum absolute atomic E-state index is 13.9. The molecule has 5 heteroatoms. The number of hydrogen-bond acceptors (Lipinski definition) is 2. The van der Waals surface area contributed by atoms with E-state index < -0.39 is 23.1 Å². The van der Waals surface area contributed by atoms with Gasteiger partial charge in [0, 0.05) is 6.04 Å². The number of halogens is 2. The molecule has 0 heterocycles. The van der Waals surface area contributed by atoms with Crippen LogP contribution in [0.2, 0.25) is 0 Å². The molecule has 0 aromatic heterocycles.